The highest BCUT2D eigenvalue weighted by Gasteiger charge is 2.18. The van der Waals surface area contributed by atoms with Gasteiger partial charge in [-0.2, -0.15) is 0 Å². The molecule has 0 fully saturated rings. The third-order valence-electron chi connectivity index (χ3n) is 7.65. The van der Waals surface area contributed by atoms with Crippen LogP contribution in [0.3, 0.4) is 0 Å². The summed E-state index contributed by atoms with van der Waals surface area (Å²) in [6.45, 7) is 7.79. The Labute approximate surface area is 282 Å². The van der Waals surface area contributed by atoms with Gasteiger partial charge in [-0.1, -0.05) is 83.6 Å². The molecule has 10 nitrogen and oxygen atoms in total. The molecule has 47 heavy (non-hydrogen) atoms. The Balaban J connectivity index is 1.34. The van der Waals surface area contributed by atoms with Gasteiger partial charge in [-0.3, -0.25) is 4.72 Å². The Bertz CT molecular complexity index is 1730. The predicted molar refractivity (Wildman–Crippen MR) is 191 cm³/mol. The second-order valence-corrected chi connectivity index (χ2v) is 13.5. The second-order valence-electron chi connectivity index (χ2n) is 11.4. The molecule has 3 aromatic carbocycles. The predicted octanol–water partition coefficient (Wildman–Crippen LogP) is 7.72. The SMILES string of the molecule is CCCCCCCCOc1cnc(C(=O)Oc2ccc(S(=O)(=O)Nc3ccc(NC(=S)NCC(C)CC)c4ccccc34)cc2)nc1. The molecular formula is C35H43N5O5S2. The third kappa shape index (κ3) is 10.6. The number of hydrogen-bond acceptors (Lipinski definition) is 8. The van der Waals surface area contributed by atoms with Gasteiger partial charge in [0, 0.05) is 23.0 Å². The number of unbranched alkanes of at least 4 members (excludes halogenated alkanes) is 5. The quantitative estimate of drug-likeness (QED) is 0.0442. The maximum atomic E-state index is 13.3. The number of hydrogen-bond donors (Lipinski definition) is 3. The molecule has 0 saturated carbocycles. The number of nitrogens with one attached hydrogen (secondary N) is 3. The summed E-state index contributed by atoms with van der Waals surface area (Å²) in [5, 5.41) is 8.47. The van der Waals surface area contributed by atoms with Gasteiger partial charge in [0.1, 0.15) is 5.75 Å². The van der Waals surface area contributed by atoms with E-state index >= 15 is 0 Å². The van der Waals surface area contributed by atoms with Crippen LogP contribution in [0.4, 0.5) is 11.4 Å². The maximum Gasteiger partial charge on any atom is 0.381 e. The van der Waals surface area contributed by atoms with Gasteiger partial charge < -0.3 is 20.1 Å². The summed E-state index contributed by atoms with van der Waals surface area (Å²) in [5.41, 5.74) is 1.17. The maximum absolute atomic E-state index is 13.3. The number of aromatic nitrogens is 2. The van der Waals surface area contributed by atoms with E-state index in [9.17, 15) is 13.2 Å². The van der Waals surface area contributed by atoms with Gasteiger partial charge in [0.25, 0.3) is 10.0 Å². The average Bonchev–Trinajstić information content (AvgIpc) is 3.08. The number of sulfonamides is 1. The summed E-state index contributed by atoms with van der Waals surface area (Å²) < 4.78 is 40.4. The minimum absolute atomic E-state index is 0.00196. The Morgan fingerprint density at radius 2 is 1.49 bits per heavy atom. The lowest BCUT2D eigenvalue weighted by molar-refractivity contribution is 0.0721. The van der Waals surface area contributed by atoms with E-state index in [0.29, 0.717) is 34.5 Å². The highest BCUT2D eigenvalue weighted by atomic mass is 32.2. The number of anilines is 2. The van der Waals surface area contributed by atoms with Gasteiger partial charge in [0.05, 0.1) is 29.6 Å². The van der Waals surface area contributed by atoms with Crippen molar-refractivity contribution >= 4 is 55.5 Å². The first-order chi connectivity index (χ1) is 22.7. The van der Waals surface area contributed by atoms with E-state index in [1.165, 1.54) is 62.3 Å². The Kier molecular flexibility index (Phi) is 13.3. The van der Waals surface area contributed by atoms with Crippen molar-refractivity contribution in [3.63, 3.8) is 0 Å². The molecule has 0 saturated heterocycles. The molecule has 0 amide bonds. The fraction of sp³-hybridized carbons (Fsp3) is 0.371. The first-order valence-corrected chi connectivity index (χ1v) is 18.0. The van der Waals surface area contributed by atoms with Crippen molar-refractivity contribution in [2.75, 3.05) is 23.2 Å². The van der Waals surface area contributed by atoms with Crippen LogP contribution in [0, 0.1) is 5.92 Å². The van der Waals surface area contributed by atoms with Crippen molar-refractivity contribution in [1.29, 1.82) is 0 Å². The zero-order valence-electron chi connectivity index (χ0n) is 27.1. The van der Waals surface area contributed by atoms with Crippen molar-refractivity contribution in [2.45, 2.75) is 70.6 Å². The van der Waals surface area contributed by atoms with Crippen LogP contribution >= 0.6 is 12.2 Å². The molecule has 1 atom stereocenters. The number of thiocarbonyl (C=S) groups is 1. The van der Waals surface area contributed by atoms with Gasteiger partial charge >= 0.3 is 5.97 Å². The van der Waals surface area contributed by atoms with Crippen molar-refractivity contribution < 1.29 is 22.7 Å². The van der Waals surface area contributed by atoms with Crippen LogP contribution in [-0.4, -0.2) is 42.6 Å². The first kappa shape index (κ1) is 35.6. The van der Waals surface area contributed by atoms with Crippen molar-refractivity contribution in [1.82, 2.24) is 15.3 Å². The summed E-state index contributed by atoms with van der Waals surface area (Å²) in [6.07, 6.45) is 10.9. The number of carbonyl (C=O) groups excluding carboxylic acids is 1. The number of rotatable bonds is 17. The summed E-state index contributed by atoms with van der Waals surface area (Å²) in [4.78, 5) is 20.7. The molecule has 1 unspecified atom stereocenters. The molecule has 0 radical (unpaired) electrons. The number of benzene rings is 3. The smallest absolute Gasteiger partial charge is 0.381 e. The van der Waals surface area contributed by atoms with Crippen LogP contribution in [-0.2, 0) is 10.0 Å². The van der Waals surface area contributed by atoms with Gasteiger partial charge in [0.15, 0.2) is 10.9 Å². The molecule has 1 aromatic heterocycles. The molecular weight excluding hydrogens is 635 g/mol. The van der Waals surface area contributed by atoms with E-state index in [1.54, 1.807) is 12.1 Å². The number of carbonyl (C=O) groups is 1. The monoisotopic (exact) mass is 677 g/mol. The zero-order chi connectivity index (χ0) is 33.6. The first-order valence-electron chi connectivity index (χ1n) is 16.1. The topological polar surface area (TPSA) is 132 Å². The lowest BCUT2D eigenvalue weighted by atomic mass is 10.1. The van der Waals surface area contributed by atoms with Crippen molar-refractivity contribution in [3.05, 3.63) is 78.9 Å². The van der Waals surface area contributed by atoms with E-state index in [0.717, 1.165) is 36.9 Å². The van der Waals surface area contributed by atoms with Crippen LogP contribution in [0.15, 0.2) is 78.0 Å². The van der Waals surface area contributed by atoms with Crippen LogP contribution in [0.1, 0.15) is 76.3 Å². The lowest BCUT2D eigenvalue weighted by Gasteiger charge is -2.17. The Morgan fingerprint density at radius 3 is 2.17 bits per heavy atom. The van der Waals surface area contributed by atoms with Gasteiger partial charge in [-0.15, -0.1) is 0 Å². The largest absolute Gasteiger partial charge is 0.490 e. The summed E-state index contributed by atoms with van der Waals surface area (Å²) in [7, 11) is -3.97. The summed E-state index contributed by atoms with van der Waals surface area (Å²) >= 11 is 5.47. The molecule has 12 heteroatoms. The molecule has 1 heterocycles. The number of ether oxygens (including phenoxy) is 2. The molecule has 4 aromatic rings. The molecule has 0 aliphatic carbocycles. The lowest BCUT2D eigenvalue weighted by Crippen LogP contribution is -2.32. The van der Waals surface area contributed by atoms with Crippen molar-refractivity contribution in [2.24, 2.45) is 5.92 Å². The van der Waals surface area contributed by atoms with E-state index in [4.69, 9.17) is 21.7 Å². The van der Waals surface area contributed by atoms with Crippen LogP contribution < -0.4 is 24.8 Å². The minimum Gasteiger partial charge on any atom is -0.490 e. The highest BCUT2D eigenvalue weighted by Crippen LogP contribution is 2.32. The third-order valence-corrected chi connectivity index (χ3v) is 9.27. The zero-order valence-corrected chi connectivity index (χ0v) is 28.8. The number of nitrogens with zero attached hydrogens (tertiary/aromatic N) is 2. The molecule has 0 aliphatic rings. The van der Waals surface area contributed by atoms with E-state index in [2.05, 4.69) is 46.1 Å². The fourth-order valence-corrected chi connectivity index (χ4v) is 5.96. The van der Waals surface area contributed by atoms with Crippen molar-refractivity contribution in [3.8, 4) is 11.5 Å². The van der Waals surface area contributed by atoms with Crippen LogP contribution in [0.2, 0.25) is 0 Å². The molecule has 0 spiro atoms. The number of esters is 1. The highest BCUT2D eigenvalue weighted by molar-refractivity contribution is 7.92. The van der Waals surface area contributed by atoms with E-state index in [1.807, 2.05) is 24.3 Å². The van der Waals surface area contributed by atoms with Crippen LogP contribution in [0.5, 0.6) is 11.5 Å². The summed E-state index contributed by atoms with van der Waals surface area (Å²) in [5.74, 6) is 0.215. The Morgan fingerprint density at radius 1 is 0.851 bits per heavy atom. The molecule has 0 aliphatic heterocycles. The van der Waals surface area contributed by atoms with Gasteiger partial charge in [0.2, 0.25) is 5.82 Å². The minimum atomic E-state index is -3.97. The molecule has 4 rings (SSSR count). The second kappa shape index (κ2) is 17.6. The fourth-order valence-electron chi connectivity index (χ4n) is 4.69. The summed E-state index contributed by atoms with van der Waals surface area (Å²) in [6, 6.07) is 16.5. The molecule has 250 valence electrons. The molecule has 0 bridgehead atoms. The van der Waals surface area contributed by atoms with Gasteiger partial charge in [-0.05, 0) is 61.0 Å². The Hall–Kier alpha value is -4.29. The standard InChI is InChI=1S/C35H43N5O5S2/c1-4-6-7-8-9-12-21-44-27-23-36-33(37-24-27)34(41)45-26-15-17-28(18-16-26)47(42,43)40-32-20-19-31(29-13-10-11-14-30(29)32)39-35(46)38-22-25(3)5-2/h10-11,13-20,23-25,40H,4-9,12,21-22H2,1-3H3,(H2,38,39,46). The van der Waals surface area contributed by atoms with E-state index in [-0.39, 0.29) is 16.5 Å². The van der Waals surface area contributed by atoms with E-state index < -0.39 is 16.0 Å². The van der Waals surface area contributed by atoms with Crippen LogP contribution in [0.25, 0.3) is 10.8 Å². The average molecular weight is 678 g/mol. The normalized spacial score (nSPS) is 11.9. The van der Waals surface area contributed by atoms with Gasteiger partial charge in [-0.25, -0.2) is 23.2 Å². The number of fused-ring (bicyclic) bond motifs is 1. The molecule has 3 N–H and O–H groups in total.